The summed E-state index contributed by atoms with van der Waals surface area (Å²) in [5, 5.41) is 3.42. The zero-order valence-corrected chi connectivity index (χ0v) is 14.5. The van der Waals surface area contributed by atoms with Crippen molar-refractivity contribution in [2.45, 2.75) is 51.9 Å². The van der Waals surface area contributed by atoms with Crippen LogP contribution in [0.2, 0.25) is 0 Å². The van der Waals surface area contributed by atoms with Crippen LogP contribution in [-0.2, 0) is 0 Å². The second kappa shape index (κ2) is 9.61. The van der Waals surface area contributed by atoms with Gasteiger partial charge < -0.3 is 10.2 Å². The molecule has 0 radical (unpaired) electrons. The summed E-state index contributed by atoms with van der Waals surface area (Å²) in [7, 11) is 0. The van der Waals surface area contributed by atoms with Crippen LogP contribution in [0.15, 0.2) is 16.6 Å². The molecule has 0 aromatic carbocycles. The quantitative estimate of drug-likeness (QED) is 0.351. The summed E-state index contributed by atoms with van der Waals surface area (Å²) in [4.78, 5) is 7.18. The first-order chi connectivity index (χ1) is 8.90. The van der Waals surface area contributed by atoms with Crippen LogP contribution in [0.4, 0.5) is 0 Å². The fourth-order valence-corrected chi connectivity index (χ4v) is 2.79. The van der Waals surface area contributed by atoms with Crippen LogP contribution < -0.4 is 5.32 Å². The third-order valence-corrected chi connectivity index (χ3v) is 3.82. The lowest BCUT2D eigenvalue weighted by Crippen LogP contribution is -2.39. The number of hydrogen-bond donors (Lipinski definition) is 1. The van der Waals surface area contributed by atoms with Gasteiger partial charge in [-0.15, -0.1) is 24.0 Å². The van der Waals surface area contributed by atoms with Crippen LogP contribution >= 0.6 is 24.0 Å². The Morgan fingerprint density at radius 1 is 1.26 bits per heavy atom. The summed E-state index contributed by atoms with van der Waals surface area (Å²) in [6.45, 7) is 6.42. The van der Waals surface area contributed by atoms with Gasteiger partial charge >= 0.3 is 0 Å². The van der Waals surface area contributed by atoms with Gasteiger partial charge in [0.1, 0.15) is 0 Å². The molecule has 4 heteroatoms. The number of nitrogens with one attached hydrogen (secondary N) is 1. The van der Waals surface area contributed by atoms with E-state index in [0.717, 1.165) is 25.5 Å². The minimum Gasteiger partial charge on any atom is -0.357 e. The van der Waals surface area contributed by atoms with E-state index in [4.69, 9.17) is 4.99 Å². The largest absolute Gasteiger partial charge is 0.357 e. The van der Waals surface area contributed by atoms with Crippen molar-refractivity contribution in [1.29, 1.82) is 0 Å². The average molecular weight is 377 g/mol. The molecule has 2 aliphatic rings. The van der Waals surface area contributed by atoms with Crippen LogP contribution in [0, 0.1) is 0 Å². The molecule has 2 rings (SSSR count). The zero-order chi connectivity index (χ0) is 12.6. The van der Waals surface area contributed by atoms with Crippen molar-refractivity contribution in [3.63, 3.8) is 0 Å². The Morgan fingerprint density at radius 2 is 2.05 bits per heavy atom. The fraction of sp³-hybridized carbons (Fsp3) is 0.800. The number of nitrogens with zero attached hydrogens (tertiary/aromatic N) is 2. The molecule has 0 spiro atoms. The van der Waals surface area contributed by atoms with Gasteiger partial charge in [-0.05, 0) is 51.9 Å². The minimum absolute atomic E-state index is 0. The van der Waals surface area contributed by atoms with Crippen LogP contribution in [0.1, 0.15) is 51.9 Å². The molecule has 1 saturated heterocycles. The normalized spacial score (nSPS) is 19.9. The Morgan fingerprint density at radius 3 is 2.68 bits per heavy atom. The van der Waals surface area contributed by atoms with Crippen LogP contribution in [0.5, 0.6) is 0 Å². The van der Waals surface area contributed by atoms with Gasteiger partial charge in [0.15, 0.2) is 5.96 Å². The molecule has 0 unspecified atom stereocenters. The SMILES string of the molecule is CCNC(=NCCC1=CCCCC1)N1CCCC1.I. The highest BCUT2D eigenvalue weighted by Crippen LogP contribution is 2.19. The second-order valence-electron chi connectivity index (χ2n) is 5.29. The number of allylic oxidation sites excluding steroid dienone is 1. The maximum absolute atomic E-state index is 4.78. The van der Waals surface area contributed by atoms with Crippen LogP contribution in [-0.4, -0.2) is 37.0 Å². The molecule has 0 atom stereocenters. The van der Waals surface area contributed by atoms with E-state index >= 15 is 0 Å². The maximum Gasteiger partial charge on any atom is 0.193 e. The van der Waals surface area contributed by atoms with Crippen molar-refractivity contribution in [3.8, 4) is 0 Å². The van der Waals surface area contributed by atoms with Crippen molar-refractivity contribution in [2.75, 3.05) is 26.2 Å². The molecule has 0 bridgehead atoms. The molecule has 1 aliphatic carbocycles. The third-order valence-electron chi connectivity index (χ3n) is 3.82. The lowest BCUT2D eigenvalue weighted by Gasteiger charge is -2.21. The third kappa shape index (κ3) is 5.71. The van der Waals surface area contributed by atoms with Gasteiger partial charge in [0.25, 0.3) is 0 Å². The fourth-order valence-electron chi connectivity index (χ4n) is 2.79. The lowest BCUT2D eigenvalue weighted by molar-refractivity contribution is 0.493. The van der Waals surface area contributed by atoms with E-state index in [1.54, 1.807) is 5.57 Å². The molecule has 1 heterocycles. The number of hydrogen-bond acceptors (Lipinski definition) is 1. The van der Waals surface area contributed by atoms with E-state index in [9.17, 15) is 0 Å². The molecule has 19 heavy (non-hydrogen) atoms. The average Bonchev–Trinajstić information content (AvgIpc) is 2.93. The van der Waals surface area contributed by atoms with E-state index in [2.05, 4.69) is 23.2 Å². The van der Waals surface area contributed by atoms with Crippen molar-refractivity contribution >= 4 is 29.9 Å². The molecule has 0 aromatic heterocycles. The van der Waals surface area contributed by atoms with Gasteiger partial charge in [-0.25, -0.2) is 0 Å². The molecule has 0 amide bonds. The van der Waals surface area contributed by atoms with E-state index < -0.39 is 0 Å². The summed E-state index contributed by atoms with van der Waals surface area (Å²) in [5.74, 6) is 1.13. The van der Waals surface area contributed by atoms with E-state index in [0.29, 0.717) is 0 Å². The number of halogens is 1. The summed E-state index contributed by atoms with van der Waals surface area (Å²) in [6.07, 6.45) is 11.6. The van der Waals surface area contributed by atoms with Gasteiger partial charge in [-0.1, -0.05) is 11.6 Å². The topological polar surface area (TPSA) is 27.6 Å². The van der Waals surface area contributed by atoms with Crippen LogP contribution in [0.25, 0.3) is 0 Å². The standard InChI is InChI=1S/C15H27N3.HI/c1-2-16-15(18-12-6-7-13-18)17-11-10-14-8-4-3-5-9-14;/h8H,2-7,9-13H2,1H3,(H,16,17);1H. The van der Waals surface area contributed by atoms with Crippen molar-refractivity contribution < 1.29 is 0 Å². The molecule has 1 N–H and O–H groups in total. The van der Waals surface area contributed by atoms with E-state index in [-0.39, 0.29) is 24.0 Å². The summed E-state index contributed by atoms with van der Waals surface area (Å²) in [6, 6.07) is 0. The number of rotatable bonds is 4. The predicted octanol–water partition coefficient (Wildman–Crippen LogP) is 3.56. The summed E-state index contributed by atoms with van der Waals surface area (Å²) < 4.78 is 0. The molecule has 1 aliphatic heterocycles. The maximum atomic E-state index is 4.78. The highest BCUT2D eigenvalue weighted by Gasteiger charge is 2.15. The van der Waals surface area contributed by atoms with Crippen molar-refractivity contribution in [3.05, 3.63) is 11.6 Å². The molecule has 1 fully saturated rings. The molecule has 110 valence electrons. The minimum atomic E-state index is 0. The van der Waals surface area contributed by atoms with Crippen LogP contribution in [0.3, 0.4) is 0 Å². The Labute approximate surface area is 134 Å². The number of likely N-dealkylation sites (tertiary alicyclic amines) is 1. The summed E-state index contributed by atoms with van der Waals surface area (Å²) in [5.41, 5.74) is 1.63. The first-order valence-electron chi connectivity index (χ1n) is 7.61. The predicted molar refractivity (Wildman–Crippen MR) is 93.4 cm³/mol. The Hall–Kier alpha value is -0.260. The van der Waals surface area contributed by atoms with Gasteiger partial charge in [-0.3, -0.25) is 4.99 Å². The van der Waals surface area contributed by atoms with Gasteiger partial charge in [0.05, 0.1) is 0 Å². The van der Waals surface area contributed by atoms with E-state index in [1.165, 1.54) is 51.6 Å². The Bertz CT molecular complexity index is 307. The number of aliphatic imine (C=N–C) groups is 1. The Balaban J connectivity index is 0.00000180. The van der Waals surface area contributed by atoms with E-state index in [1.807, 2.05) is 0 Å². The first kappa shape index (κ1) is 16.8. The monoisotopic (exact) mass is 377 g/mol. The molecular weight excluding hydrogens is 349 g/mol. The Kier molecular flexibility index (Phi) is 8.50. The highest BCUT2D eigenvalue weighted by atomic mass is 127. The molecule has 0 aromatic rings. The number of guanidine groups is 1. The van der Waals surface area contributed by atoms with Gasteiger partial charge in [-0.2, -0.15) is 0 Å². The van der Waals surface area contributed by atoms with Gasteiger partial charge in [0.2, 0.25) is 0 Å². The van der Waals surface area contributed by atoms with Crippen molar-refractivity contribution in [2.24, 2.45) is 4.99 Å². The smallest absolute Gasteiger partial charge is 0.193 e. The molecule has 3 nitrogen and oxygen atoms in total. The summed E-state index contributed by atoms with van der Waals surface area (Å²) >= 11 is 0. The second-order valence-corrected chi connectivity index (χ2v) is 5.29. The zero-order valence-electron chi connectivity index (χ0n) is 12.2. The molecule has 0 saturated carbocycles. The molecular formula is C15H28IN3. The first-order valence-corrected chi connectivity index (χ1v) is 7.61. The van der Waals surface area contributed by atoms with Gasteiger partial charge in [0, 0.05) is 26.2 Å². The lowest BCUT2D eigenvalue weighted by atomic mass is 9.97. The highest BCUT2D eigenvalue weighted by molar-refractivity contribution is 14.0. The van der Waals surface area contributed by atoms with Crippen molar-refractivity contribution in [1.82, 2.24) is 10.2 Å².